The molecule has 5 heteroatoms. The highest BCUT2D eigenvalue weighted by Crippen LogP contribution is 2.20. The Hall–Kier alpha value is -1.81. The molecule has 4 nitrogen and oxygen atoms in total. The van der Waals surface area contributed by atoms with Crippen LogP contribution >= 0.6 is 11.6 Å². The summed E-state index contributed by atoms with van der Waals surface area (Å²) < 4.78 is 1.46. The van der Waals surface area contributed by atoms with E-state index >= 15 is 0 Å². The first-order valence-electron chi connectivity index (χ1n) is 6.59. The van der Waals surface area contributed by atoms with Crippen LogP contribution in [0.2, 0.25) is 5.15 Å². The molecule has 0 spiro atoms. The minimum absolute atomic E-state index is 0.0110. The van der Waals surface area contributed by atoms with Gasteiger partial charge in [0.15, 0.2) is 0 Å². The molecule has 0 aliphatic carbocycles. The fourth-order valence-corrected chi connectivity index (χ4v) is 2.42. The third-order valence-corrected chi connectivity index (χ3v) is 3.38. The van der Waals surface area contributed by atoms with E-state index in [1.165, 1.54) is 4.57 Å². The summed E-state index contributed by atoms with van der Waals surface area (Å²) in [5.41, 5.74) is 0.786. The maximum absolute atomic E-state index is 11.9. The van der Waals surface area contributed by atoms with Crippen LogP contribution in [-0.2, 0) is 0 Å². The summed E-state index contributed by atoms with van der Waals surface area (Å²) in [6, 6.07) is 11.7. The molecule has 0 fully saturated rings. The van der Waals surface area contributed by atoms with Crippen molar-refractivity contribution in [2.75, 3.05) is 5.32 Å². The second-order valence-corrected chi connectivity index (χ2v) is 5.37. The molecule has 106 valence electrons. The predicted octanol–water partition coefficient (Wildman–Crippen LogP) is 3.65. The Morgan fingerprint density at radius 1 is 1.20 bits per heavy atom. The number of nitrogens with one attached hydrogen (secondary N) is 1. The molecule has 1 aromatic heterocycles. The molecule has 0 aliphatic rings. The number of nitrogens with zero attached hydrogens (tertiary/aromatic N) is 2. The fourth-order valence-electron chi connectivity index (χ4n) is 2.05. The molecule has 1 heterocycles. The van der Waals surface area contributed by atoms with Gasteiger partial charge in [0.25, 0.3) is 0 Å². The lowest BCUT2D eigenvalue weighted by molar-refractivity contribution is 0.565. The van der Waals surface area contributed by atoms with Crippen LogP contribution in [0.5, 0.6) is 0 Å². The third-order valence-electron chi connectivity index (χ3n) is 3.09. The zero-order valence-corrected chi connectivity index (χ0v) is 12.6. The molecule has 0 saturated heterocycles. The van der Waals surface area contributed by atoms with E-state index in [0.717, 1.165) is 5.56 Å². The molecular formula is C15H18ClN3O. The smallest absolute Gasteiger partial charge is 0.350 e. The van der Waals surface area contributed by atoms with Crippen molar-refractivity contribution in [3.8, 4) is 0 Å². The van der Waals surface area contributed by atoms with Crippen molar-refractivity contribution < 1.29 is 0 Å². The molecule has 0 radical (unpaired) electrons. The van der Waals surface area contributed by atoms with Crippen molar-refractivity contribution in [3.05, 3.63) is 57.6 Å². The Kier molecular flexibility index (Phi) is 4.45. The van der Waals surface area contributed by atoms with Crippen LogP contribution in [-0.4, -0.2) is 9.55 Å². The Labute approximate surface area is 123 Å². The summed E-state index contributed by atoms with van der Waals surface area (Å²) in [5.74, 6) is 0.494. The molecule has 20 heavy (non-hydrogen) atoms. The van der Waals surface area contributed by atoms with Crippen LogP contribution in [0.3, 0.4) is 0 Å². The van der Waals surface area contributed by atoms with Crippen molar-refractivity contribution >= 4 is 17.4 Å². The number of anilines is 1. The second kappa shape index (κ2) is 6.09. The molecule has 1 aromatic carbocycles. The van der Waals surface area contributed by atoms with Gasteiger partial charge in [-0.3, -0.25) is 4.57 Å². The molecule has 1 atom stereocenters. The number of hydrogen-bond donors (Lipinski definition) is 1. The normalized spacial score (nSPS) is 12.4. The maximum Gasteiger partial charge on any atom is 0.350 e. The van der Waals surface area contributed by atoms with Crippen LogP contribution in [0.15, 0.2) is 41.2 Å². The average molecular weight is 292 g/mol. The zero-order valence-electron chi connectivity index (χ0n) is 11.8. The molecule has 2 rings (SSSR count). The van der Waals surface area contributed by atoms with Crippen molar-refractivity contribution in [3.63, 3.8) is 0 Å². The van der Waals surface area contributed by atoms with Gasteiger partial charge < -0.3 is 5.32 Å². The van der Waals surface area contributed by atoms with Gasteiger partial charge in [0.2, 0.25) is 0 Å². The monoisotopic (exact) mass is 291 g/mol. The largest absolute Gasteiger partial charge is 0.363 e. The molecule has 2 aromatic rings. The number of benzene rings is 1. The lowest BCUT2D eigenvalue weighted by Gasteiger charge is -2.17. The lowest BCUT2D eigenvalue weighted by Crippen LogP contribution is -2.26. The van der Waals surface area contributed by atoms with Crippen LogP contribution in [0.4, 0.5) is 5.82 Å². The van der Waals surface area contributed by atoms with Gasteiger partial charge in [-0.1, -0.05) is 41.9 Å². The topological polar surface area (TPSA) is 46.9 Å². The SMILES string of the molecule is CC(C)n1c(Cl)cc(N[C@@H](C)c2ccccc2)nc1=O. The van der Waals surface area contributed by atoms with E-state index in [2.05, 4.69) is 10.3 Å². The minimum atomic E-state index is -0.338. The quantitative estimate of drug-likeness (QED) is 0.875. The summed E-state index contributed by atoms with van der Waals surface area (Å²) in [5, 5.41) is 3.59. The first kappa shape index (κ1) is 14.6. The second-order valence-electron chi connectivity index (χ2n) is 4.99. The zero-order chi connectivity index (χ0) is 14.7. The number of aromatic nitrogens is 2. The van der Waals surface area contributed by atoms with Crippen LogP contribution < -0.4 is 11.0 Å². The van der Waals surface area contributed by atoms with Crippen LogP contribution in [0.1, 0.15) is 38.4 Å². The Balaban J connectivity index is 2.25. The van der Waals surface area contributed by atoms with Gasteiger partial charge in [-0.15, -0.1) is 0 Å². The van der Waals surface area contributed by atoms with Crippen LogP contribution in [0.25, 0.3) is 0 Å². The van der Waals surface area contributed by atoms with Crippen molar-refractivity contribution in [2.45, 2.75) is 32.9 Å². The predicted molar refractivity (Wildman–Crippen MR) is 82.4 cm³/mol. The highest BCUT2D eigenvalue weighted by Gasteiger charge is 2.11. The highest BCUT2D eigenvalue weighted by molar-refractivity contribution is 6.29. The Bertz CT molecular complexity index is 637. The van der Waals surface area contributed by atoms with Gasteiger partial charge in [-0.05, 0) is 26.3 Å². The third kappa shape index (κ3) is 3.20. The number of hydrogen-bond acceptors (Lipinski definition) is 3. The number of rotatable bonds is 4. The van der Waals surface area contributed by atoms with Gasteiger partial charge in [-0.25, -0.2) is 4.79 Å². The molecule has 0 bridgehead atoms. The molecule has 0 aliphatic heterocycles. The fraction of sp³-hybridized carbons (Fsp3) is 0.333. The summed E-state index contributed by atoms with van der Waals surface area (Å²) in [6.45, 7) is 5.81. The van der Waals surface area contributed by atoms with E-state index in [0.29, 0.717) is 11.0 Å². The average Bonchev–Trinajstić information content (AvgIpc) is 2.38. The summed E-state index contributed by atoms with van der Waals surface area (Å²) in [7, 11) is 0. The van der Waals surface area contributed by atoms with Gasteiger partial charge in [-0.2, -0.15) is 4.98 Å². The molecule has 0 unspecified atom stereocenters. The van der Waals surface area contributed by atoms with Crippen molar-refractivity contribution in [1.29, 1.82) is 0 Å². The summed E-state index contributed by atoms with van der Waals surface area (Å²) >= 11 is 6.14. The first-order valence-corrected chi connectivity index (χ1v) is 6.97. The molecule has 0 amide bonds. The number of halogens is 1. The molecular weight excluding hydrogens is 274 g/mol. The summed E-state index contributed by atoms with van der Waals surface area (Å²) in [4.78, 5) is 16.0. The maximum atomic E-state index is 11.9. The highest BCUT2D eigenvalue weighted by atomic mass is 35.5. The van der Waals surface area contributed by atoms with Gasteiger partial charge >= 0.3 is 5.69 Å². The van der Waals surface area contributed by atoms with Crippen molar-refractivity contribution in [1.82, 2.24) is 9.55 Å². The molecule has 1 N–H and O–H groups in total. The van der Waals surface area contributed by atoms with E-state index in [-0.39, 0.29) is 17.8 Å². The molecule has 0 saturated carbocycles. The Morgan fingerprint density at radius 3 is 2.40 bits per heavy atom. The standard InChI is InChI=1S/C15H18ClN3O/c1-10(2)19-13(16)9-14(18-15(19)20)17-11(3)12-7-5-4-6-8-12/h4-11H,1-3H3,(H,17,18,20)/t11-/m0/s1. The van der Waals surface area contributed by atoms with E-state index in [9.17, 15) is 4.79 Å². The van der Waals surface area contributed by atoms with Crippen LogP contribution in [0, 0.1) is 0 Å². The van der Waals surface area contributed by atoms with E-state index in [1.54, 1.807) is 6.07 Å². The van der Waals surface area contributed by atoms with Crippen molar-refractivity contribution in [2.24, 2.45) is 0 Å². The summed E-state index contributed by atoms with van der Waals surface area (Å²) in [6.07, 6.45) is 0. The van der Waals surface area contributed by atoms with Gasteiger partial charge in [0, 0.05) is 18.2 Å². The van der Waals surface area contributed by atoms with E-state index in [4.69, 9.17) is 11.6 Å². The van der Waals surface area contributed by atoms with E-state index in [1.807, 2.05) is 51.1 Å². The van der Waals surface area contributed by atoms with E-state index < -0.39 is 0 Å². The van der Waals surface area contributed by atoms with Gasteiger partial charge in [0.1, 0.15) is 11.0 Å². The Morgan fingerprint density at radius 2 is 1.85 bits per heavy atom. The van der Waals surface area contributed by atoms with Gasteiger partial charge in [0.05, 0.1) is 0 Å². The lowest BCUT2D eigenvalue weighted by atomic mass is 10.1. The minimum Gasteiger partial charge on any atom is -0.363 e. The first-order chi connectivity index (χ1) is 9.49.